The van der Waals surface area contributed by atoms with Gasteiger partial charge in [0, 0.05) is 49.2 Å². The van der Waals surface area contributed by atoms with Crippen LogP contribution in [0.25, 0.3) is 0 Å². The van der Waals surface area contributed by atoms with E-state index in [4.69, 9.17) is 0 Å². The van der Waals surface area contributed by atoms with Gasteiger partial charge < -0.3 is 10.2 Å². The molecule has 3 atom stereocenters. The first-order chi connectivity index (χ1) is 14.5. The van der Waals surface area contributed by atoms with Crippen LogP contribution in [0.15, 0.2) is 42.6 Å². The van der Waals surface area contributed by atoms with Gasteiger partial charge in [-0.05, 0) is 56.2 Å². The predicted molar refractivity (Wildman–Crippen MR) is 111 cm³/mol. The first kappa shape index (κ1) is 20.4. The van der Waals surface area contributed by atoms with E-state index in [9.17, 15) is 14.0 Å². The Morgan fingerprint density at radius 2 is 2.00 bits per heavy atom. The van der Waals surface area contributed by atoms with Gasteiger partial charge in [0.25, 0.3) is 5.91 Å². The highest BCUT2D eigenvalue weighted by molar-refractivity contribution is 6.04. The van der Waals surface area contributed by atoms with Crippen molar-refractivity contribution in [1.82, 2.24) is 20.7 Å². The molecule has 8 heteroatoms. The smallest absolute Gasteiger partial charge is 0.257 e. The number of nitrogens with one attached hydrogen (secondary N) is 3. The molecule has 2 amide bonds. The Bertz CT molecular complexity index is 903. The molecule has 2 fully saturated rings. The molecule has 30 heavy (non-hydrogen) atoms. The molecule has 2 saturated heterocycles. The number of benzene rings is 1. The molecule has 0 radical (unpaired) electrons. The standard InChI is InChI=1S/C22H26FN5O2/c1-14-19(12-25-27-14)22(30)28-10-2-3-16(13-28)20-9-4-15(11-24-20)21(29)26-18-7-5-17(23)6-8-18/h4-9,11,14,16,19,25,27H,2-3,10,12-13H2,1H3,(H,26,29). The zero-order chi connectivity index (χ0) is 21.1. The highest BCUT2D eigenvalue weighted by atomic mass is 19.1. The van der Waals surface area contributed by atoms with Crippen molar-refractivity contribution >= 4 is 17.5 Å². The fourth-order valence-corrected chi connectivity index (χ4v) is 4.08. The summed E-state index contributed by atoms with van der Waals surface area (Å²) < 4.78 is 13.0. The third-order valence-corrected chi connectivity index (χ3v) is 5.87. The van der Waals surface area contributed by atoms with Crippen LogP contribution in [0.1, 0.15) is 41.7 Å². The topological polar surface area (TPSA) is 86.4 Å². The summed E-state index contributed by atoms with van der Waals surface area (Å²) >= 11 is 0. The maximum absolute atomic E-state index is 13.0. The molecule has 0 saturated carbocycles. The van der Waals surface area contributed by atoms with Crippen LogP contribution in [0.3, 0.4) is 0 Å². The van der Waals surface area contributed by atoms with E-state index < -0.39 is 0 Å². The number of likely N-dealkylation sites (tertiary alicyclic amines) is 1. The lowest BCUT2D eigenvalue weighted by Crippen LogP contribution is -2.45. The van der Waals surface area contributed by atoms with Gasteiger partial charge in [0.15, 0.2) is 0 Å². The third kappa shape index (κ3) is 4.49. The van der Waals surface area contributed by atoms with Crippen molar-refractivity contribution < 1.29 is 14.0 Å². The molecule has 2 aliphatic rings. The van der Waals surface area contributed by atoms with E-state index in [-0.39, 0.29) is 35.5 Å². The molecule has 2 aliphatic heterocycles. The number of nitrogens with zero attached hydrogens (tertiary/aromatic N) is 2. The number of hydrogen-bond donors (Lipinski definition) is 3. The highest BCUT2D eigenvalue weighted by Gasteiger charge is 2.35. The van der Waals surface area contributed by atoms with Gasteiger partial charge in [-0.3, -0.25) is 25.4 Å². The molecule has 7 nitrogen and oxygen atoms in total. The Labute approximate surface area is 175 Å². The number of aromatic nitrogens is 1. The number of hydrogen-bond acceptors (Lipinski definition) is 5. The van der Waals surface area contributed by atoms with Crippen molar-refractivity contribution in [2.24, 2.45) is 5.92 Å². The van der Waals surface area contributed by atoms with Gasteiger partial charge in [0.05, 0.1) is 11.5 Å². The van der Waals surface area contributed by atoms with Crippen LogP contribution >= 0.6 is 0 Å². The Morgan fingerprint density at radius 3 is 2.67 bits per heavy atom. The Morgan fingerprint density at radius 1 is 1.20 bits per heavy atom. The van der Waals surface area contributed by atoms with Crippen molar-refractivity contribution in [2.45, 2.75) is 31.7 Å². The number of rotatable bonds is 4. The summed E-state index contributed by atoms with van der Waals surface area (Å²) in [7, 11) is 0. The van der Waals surface area contributed by atoms with Gasteiger partial charge >= 0.3 is 0 Å². The summed E-state index contributed by atoms with van der Waals surface area (Å²) in [5, 5.41) is 2.73. The zero-order valence-electron chi connectivity index (χ0n) is 16.9. The number of pyridine rings is 1. The van der Waals surface area contributed by atoms with E-state index in [0.29, 0.717) is 24.3 Å². The van der Waals surface area contributed by atoms with Crippen LogP contribution in [-0.2, 0) is 4.79 Å². The van der Waals surface area contributed by atoms with Crippen molar-refractivity contribution in [2.75, 3.05) is 25.0 Å². The lowest BCUT2D eigenvalue weighted by atomic mass is 9.92. The van der Waals surface area contributed by atoms with E-state index in [1.165, 1.54) is 24.3 Å². The van der Waals surface area contributed by atoms with Gasteiger partial charge in [-0.1, -0.05) is 0 Å². The Kier molecular flexibility index (Phi) is 6.06. The van der Waals surface area contributed by atoms with Crippen LogP contribution in [-0.4, -0.2) is 47.4 Å². The van der Waals surface area contributed by atoms with E-state index >= 15 is 0 Å². The molecule has 3 N–H and O–H groups in total. The second-order valence-corrected chi connectivity index (χ2v) is 7.98. The maximum atomic E-state index is 13.0. The fourth-order valence-electron chi connectivity index (χ4n) is 4.08. The second-order valence-electron chi connectivity index (χ2n) is 7.98. The first-order valence-corrected chi connectivity index (χ1v) is 10.3. The van der Waals surface area contributed by atoms with Crippen molar-refractivity contribution in [3.63, 3.8) is 0 Å². The molecular weight excluding hydrogens is 385 g/mol. The zero-order valence-corrected chi connectivity index (χ0v) is 16.9. The summed E-state index contributed by atoms with van der Waals surface area (Å²) in [6, 6.07) is 9.35. The molecule has 1 aromatic heterocycles. The van der Waals surface area contributed by atoms with Crippen molar-refractivity contribution in [3.05, 3.63) is 59.7 Å². The molecule has 158 valence electrons. The number of halogens is 1. The minimum absolute atomic E-state index is 0.0470. The Hall–Kier alpha value is -2.84. The minimum Gasteiger partial charge on any atom is -0.342 e. The lowest BCUT2D eigenvalue weighted by Gasteiger charge is -2.34. The molecule has 3 heterocycles. The van der Waals surface area contributed by atoms with Gasteiger partial charge in [-0.15, -0.1) is 0 Å². The second kappa shape index (κ2) is 8.89. The summed E-state index contributed by atoms with van der Waals surface area (Å²) in [6.07, 6.45) is 3.46. The van der Waals surface area contributed by atoms with E-state index in [1.54, 1.807) is 12.3 Å². The van der Waals surface area contributed by atoms with Crippen LogP contribution in [0, 0.1) is 11.7 Å². The summed E-state index contributed by atoms with van der Waals surface area (Å²) in [5.74, 6) is -0.353. The van der Waals surface area contributed by atoms with E-state index in [2.05, 4.69) is 21.2 Å². The molecular formula is C22H26FN5O2. The van der Waals surface area contributed by atoms with Crippen LogP contribution in [0.2, 0.25) is 0 Å². The normalized spacial score (nSPS) is 23.9. The van der Waals surface area contributed by atoms with E-state index in [0.717, 1.165) is 25.1 Å². The molecule has 0 spiro atoms. The van der Waals surface area contributed by atoms with Gasteiger partial charge in [-0.25, -0.2) is 4.39 Å². The molecule has 0 bridgehead atoms. The SMILES string of the molecule is CC1NNCC1C(=O)N1CCCC(c2ccc(C(=O)Nc3ccc(F)cc3)cn2)C1. The monoisotopic (exact) mass is 411 g/mol. The number of piperidine rings is 1. The number of carbonyl (C=O) groups is 2. The number of hydrazine groups is 1. The summed E-state index contributed by atoms with van der Waals surface area (Å²) in [5.41, 5.74) is 8.01. The first-order valence-electron chi connectivity index (χ1n) is 10.3. The van der Waals surface area contributed by atoms with E-state index in [1.807, 2.05) is 17.9 Å². The molecule has 3 unspecified atom stereocenters. The summed E-state index contributed by atoms with van der Waals surface area (Å²) in [4.78, 5) is 31.7. The molecule has 0 aliphatic carbocycles. The molecule has 2 aromatic rings. The average molecular weight is 411 g/mol. The maximum Gasteiger partial charge on any atom is 0.257 e. The van der Waals surface area contributed by atoms with Crippen LogP contribution in [0.4, 0.5) is 10.1 Å². The lowest BCUT2D eigenvalue weighted by molar-refractivity contribution is -0.136. The number of carbonyl (C=O) groups excluding carboxylic acids is 2. The Balaban J connectivity index is 1.38. The highest BCUT2D eigenvalue weighted by Crippen LogP contribution is 2.27. The molecule has 4 rings (SSSR count). The van der Waals surface area contributed by atoms with Crippen LogP contribution < -0.4 is 16.2 Å². The minimum atomic E-state index is -0.353. The van der Waals surface area contributed by atoms with Crippen molar-refractivity contribution in [3.8, 4) is 0 Å². The fraction of sp³-hybridized carbons (Fsp3) is 0.409. The number of anilines is 1. The van der Waals surface area contributed by atoms with Gasteiger partial charge in [0.1, 0.15) is 5.82 Å². The largest absolute Gasteiger partial charge is 0.342 e. The van der Waals surface area contributed by atoms with Gasteiger partial charge in [-0.2, -0.15) is 0 Å². The van der Waals surface area contributed by atoms with Gasteiger partial charge in [0.2, 0.25) is 5.91 Å². The predicted octanol–water partition coefficient (Wildman–Crippen LogP) is 2.29. The number of amides is 2. The van der Waals surface area contributed by atoms with Crippen molar-refractivity contribution in [1.29, 1.82) is 0 Å². The third-order valence-electron chi connectivity index (χ3n) is 5.87. The summed E-state index contributed by atoms with van der Waals surface area (Å²) in [6.45, 7) is 4.09. The van der Waals surface area contributed by atoms with Crippen LogP contribution in [0.5, 0.6) is 0 Å². The average Bonchev–Trinajstić information content (AvgIpc) is 3.21. The molecule has 1 aromatic carbocycles. The quantitative estimate of drug-likeness (QED) is 0.719.